The normalized spacial score (nSPS) is 10.3. The van der Waals surface area contributed by atoms with Gasteiger partial charge in [-0.05, 0) is 42.5 Å². The molecule has 6 nitrogen and oxygen atoms in total. The maximum absolute atomic E-state index is 13.1. The maximum Gasteiger partial charge on any atom is 0.255 e. The molecule has 0 spiro atoms. The Bertz CT molecular complexity index is 945. The van der Waals surface area contributed by atoms with E-state index in [1.54, 1.807) is 36.4 Å². The smallest absolute Gasteiger partial charge is 0.255 e. The van der Waals surface area contributed by atoms with Crippen LogP contribution in [0.4, 0.5) is 4.39 Å². The van der Waals surface area contributed by atoms with E-state index in [1.165, 1.54) is 32.7 Å². The minimum absolute atomic E-state index is 0.204. The molecule has 7 heteroatoms. The third kappa shape index (κ3) is 4.20. The number of halogens is 1. The van der Waals surface area contributed by atoms with Gasteiger partial charge in [0.1, 0.15) is 12.1 Å². The molecule has 1 heterocycles. The highest BCUT2D eigenvalue weighted by Gasteiger charge is 2.16. The number of aromatic nitrogens is 2. The van der Waals surface area contributed by atoms with E-state index in [1.807, 2.05) is 0 Å². The SMILES string of the molecule is COc1cccc(C(=O)NCc2cc(-c3ccc(F)cc3)ncn2)c1OC. The van der Waals surface area contributed by atoms with Gasteiger partial charge in [0.05, 0.1) is 37.7 Å². The van der Waals surface area contributed by atoms with Crippen LogP contribution in [0.2, 0.25) is 0 Å². The molecule has 0 aliphatic heterocycles. The average molecular weight is 367 g/mol. The zero-order valence-electron chi connectivity index (χ0n) is 14.9. The Morgan fingerprint density at radius 1 is 1.07 bits per heavy atom. The van der Waals surface area contributed by atoms with E-state index in [0.717, 1.165) is 5.56 Å². The molecule has 3 rings (SSSR count). The van der Waals surface area contributed by atoms with Crippen molar-refractivity contribution in [1.29, 1.82) is 0 Å². The van der Waals surface area contributed by atoms with Gasteiger partial charge in [-0.15, -0.1) is 0 Å². The monoisotopic (exact) mass is 367 g/mol. The van der Waals surface area contributed by atoms with Gasteiger partial charge in [-0.25, -0.2) is 14.4 Å². The van der Waals surface area contributed by atoms with Crippen molar-refractivity contribution >= 4 is 5.91 Å². The number of ether oxygens (including phenoxy) is 2. The van der Waals surface area contributed by atoms with Crippen molar-refractivity contribution < 1.29 is 18.7 Å². The third-order valence-corrected chi connectivity index (χ3v) is 3.94. The van der Waals surface area contributed by atoms with E-state index in [4.69, 9.17) is 9.47 Å². The highest BCUT2D eigenvalue weighted by Crippen LogP contribution is 2.30. The quantitative estimate of drug-likeness (QED) is 0.724. The molecule has 0 aliphatic rings. The fraction of sp³-hybridized carbons (Fsp3) is 0.150. The van der Waals surface area contributed by atoms with Gasteiger partial charge in [0, 0.05) is 5.56 Å². The number of hydrogen-bond donors (Lipinski definition) is 1. The lowest BCUT2D eigenvalue weighted by Crippen LogP contribution is -2.24. The van der Waals surface area contributed by atoms with Crippen molar-refractivity contribution in [3.05, 3.63) is 71.9 Å². The zero-order valence-corrected chi connectivity index (χ0v) is 14.9. The van der Waals surface area contributed by atoms with Crippen molar-refractivity contribution in [2.75, 3.05) is 14.2 Å². The molecular formula is C20H18FN3O3. The first-order valence-electron chi connectivity index (χ1n) is 8.18. The molecule has 1 N–H and O–H groups in total. The first kappa shape index (κ1) is 18.3. The molecular weight excluding hydrogens is 349 g/mol. The molecule has 138 valence electrons. The van der Waals surface area contributed by atoms with Crippen molar-refractivity contribution in [3.63, 3.8) is 0 Å². The van der Waals surface area contributed by atoms with Crippen LogP contribution in [0.5, 0.6) is 11.5 Å². The van der Waals surface area contributed by atoms with Crippen LogP contribution >= 0.6 is 0 Å². The summed E-state index contributed by atoms with van der Waals surface area (Å²) in [7, 11) is 2.99. The summed E-state index contributed by atoms with van der Waals surface area (Å²) in [5.41, 5.74) is 2.40. The predicted octanol–water partition coefficient (Wildman–Crippen LogP) is 3.23. The summed E-state index contributed by atoms with van der Waals surface area (Å²) in [6, 6.07) is 12.9. The number of rotatable bonds is 6. The highest BCUT2D eigenvalue weighted by molar-refractivity contribution is 5.97. The largest absolute Gasteiger partial charge is 0.493 e. The molecule has 27 heavy (non-hydrogen) atoms. The lowest BCUT2D eigenvalue weighted by Gasteiger charge is -2.12. The molecule has 1 aromatic heterocycles. The number of nitrogens with one attached hydrogen (secondary N) is 1. The van der Waals surface area contributed by atoms with Crippen LogP contribution in [0.15, 0.2) is 54.9 Å². The predicted molar refractivity (Wildman–Crippen MR) is 98.1 cm³/mol. The molecule has 0 unspecified atom stereocenters. The third-order valence-electron chi connectivity index (χ3n) is 3.94. The second kappa shape index (κ2) is 8.27. The van der Waals surface area contributed by atoms with Crippen LogP contribution < -0.4 is 14.8 Å². The Kier molecular flexibility index (Phi) is 5.61. The van der Waals surface area contributed by atoms with E-state index >= 15 is 0 Å². The first-order valence-corrected chi connectivity index (χ1v) is 8.18. The molecule has 2 aromatic carbocycles. The number of hydrogen-bond acceptors (Lipinski definition) is 5. The lowest BCUT2D eigenvalue weighted by atomic mass is 10.1. The van der Waals surface area contributed by atoms with Gasteiger partial charge in [0.25, 0.3) is 5.91 Å². The van der Waals surface area contributed by atoms with Gasteiger partial charge >= 0.3 is 0 Å². The van der Waals surface area contributed by atoms with Gasteiger partial charge in [-0.3, -0.25) is 4.79 Å². The Morgan fingerprint density at radius 2 is 1.85 bits per heavy atom. The summed E-state index contributed by atoms with van der Waals surface area (Å²) in [6.45, 7) is 0.204. The van der Waals surface area contributed by atoms with Gasteiger partial charge < -0.3 is 14.8 Å². The minimum atomic E-state index is -0.312. The number of nitrogens with zero attached hydrogens (tertiary/aromatic N) is 2. The molecule has 0 atom stereocenters. The lowest BCUT2D eigenvalue weighted by molar-refractivity contribution is 0.0946. The molecule has 0 aliphatic carbocycles. The van der Waals surface area contributed by atoms with Gasteiger partial charge in [0.15, 0.2) is 11.5 Å². The number of methoxy groups -OCH3 is 2. The topological polar surface area (TPSA) is 73.3 Å². The van der Waals surface area contributed by atoms with E-state index in [2.05, 4.69) is 15.3 Å². The highest BCUT2D eigenvalue weighted by atomic mass is 19.1. The molecule has 0 radical (unpaired) electrons. The van der Waals surface area contributed by atoms with Crippen molar-refractivity contribution in [1.82, 2.24) is 15.3 Å². The summed E-state index contributed by atoms with van der Waals surface area (Å²) in [5.74, 6) is 0.221. The van der Waals surface area contributed by atoms with Crippen LogP contribution in [0.1, 0.15) is 16.1 Å². The number of amides is 1. The number of benzene rings is 2. The zero-order chi connectivity index (χ0) is 19.2. The second-order valence-electron chi connectivity index (χ2n) is 5.63. The Hall–Kier alpha value is -3.48. The Balaban J connectivity index is 1.75. The summed E-state index contributed by atoms with van der Waals surface area (Å²) < 4.78 is 23.6. The average Bonchev–Trinajstić information content (AvgIpc) is 2.72. The Labute approximate surface area is 156 Å². The summed E-state index contributed by atoms with van der Waals surface area (Å²) in [4.78, 5) is 20.9. The minimum Gasteiger partial charge on any atom is -0.493 e. The van der Waals surface area contributed by atoms with E-state index < -0.39 is 0 Å². The van der Waals surface area contributed by atoms with Crippen LogP contribution in [-0.4, -0.2) is 30.1 Å². The molecule has 0 saturated carbocycles. The molecule has 0 fully saturated rings. The fourth-order valence-corrected chi connectivity index (χ4v) is 2.60. The first-order chi connectivity index (χ1) is 13.1. The molecule has 1 amide bonds. The fourth-order valence-electron chi connectivity index (χ4n) is 2.60. The van der Waals surface area contributed by atoms with Crippen molar-refractivity contribution in [3.8, 4) is 22.8 Å². The molecule has 0 saturated heterocycles. The maximum atomic E-state index is 13.1. The van der Waals surface area contributed by atoms with Crippen LogP contribution in [0, 0.1) is 5.82 Å². The van der Waals surface area contributed by atoms with Crippen LogP contribution in [0.25, 0.3) is 11.3 Å². The number of carbonyl (C=O) groups is 1. The standard InChI is InChI=1S/C20H18FN3O3/c1-26-18-5-3-4-16(19(18)27-2)20(25)22-11-15-10-17(24-12-23-15)13-6-8-14(21)9-7-13/h3-10,12H,11H2,1-2H3,(H,22,25). The number of para-hydroxylation sites is 1. The van der Waals surface area contributed by atoms with E-state index in [-0.39, 0.29) is 18.3 Å². The van der Waals surface area contributed by atoms with Crippen LogP contribution in [0.3, 0.4) is 0 Å². The second-order valence-corrected chi connectivity index (χ2v) is 5.63. The molecule has 0 bridgehead atoms. The summed E-state index contributed by atoms with van der Waals surface area (Å²) in [5, 5.41) is 2.80. The van der Waals surface area contributed by atoms with Crippen LogP contribution in [-0.2, 0) is 6.54 Å². The summed E-state index contributed by atoms with van der Waals surface area (Å²) in [6.07, 6.45) is 1.41. The van der Waals surface area contributed by atoms with Gasteiger partial charge in [-0.1, -0.05) is 6.07 Å². The van der Waals surface area contributed by atoms with Gasteiger partial charge in [0.2, 0.25) is 0 Å². The Morgan fingerprint density at radius 3 is 2.56 bits per heavy atom. The van der Waals surface area contributed by atoms with Crippen molar-refractivity contribution in [2.24, 2.45) is 0 Å². The number of carbonyl (C=O) groups excluding carboxylic acids is 1. The van der Waals surface area contributed by atoms with E-state index in [9.17, 15) is 9.18 Å². The van der Waals surface area contributed by atoms with Gasteiger partial charge in [-0.2, -0.15) is 0 Å². The molecule has 3 aromatic rings. The van der Waals surface area contributed by atoms with E-state index in [0.29, 0.717) is 28.5 Å². The summed E-state index contributed by atoms with van der Waals surface area (Å²) >= 11 is 0. The van der Waals surface area contributed by atoms with Crippen molar-refractivity contribution in [2.45, 2.75) is 6.54 Å².